The Balaban J connectivity index is 5.01. The summed E-state index contributed by atoms with van der Waals surface area (Å²) in [5.41, 5.74) is -0.387. The molecule has 0 unspecified atom stereocenters. The monoisotopic (exact) mass is 296 g/mol. The summed E-state index contributed by atoms with van der Waals surface area (Å²) in [5, 5.41) is 0. The number of carbonyl (C=O) groups is 2. The van der Waals surface area contributed by atoms with Gasteiger partial charge in [0.25, 0.3) is 0 Å². The van der Waals surface area contributed by atoms with E-state index in [-0.39, 0.29) is 24.5 Å². The van der Waals surface area contributed by atoms with E-state index in [1.807, 2.05) is 13.8 Å². The molecule has 0 radical (unpaired) electrons. The second-order valence-corrected chi connectivity index (χ2v) is 6.07. The molecule has 0 aromatic rings. The van der Waals surface area contributed by atoms with Crippen LogP contribution in [0.4, 0.5) is 0 Å². The van der Waals surface area contributed by atoms with E-state index < -0.39 is 11.9 Å². The van der Waals surface area contributed by atoms with Crippen LogP contribution in [-0.4, -0.2) is 25.2 Å². The molecule has 0 saturated carbocycles. The Morgan fingerprint density at radius 3 is 1.71 bits per heavy atom. The lowest BCUT2D eigenvalue weighted by Crippen LogP contribution is -2.39. The number of esters is 2. The average molecular weight is 296 g/mol. The van der Waals surface area contributed by atoms with Gasteiger partial charge >= 0.3 is 11.9 Å². The zero-order valence-corrected chi connectivity index (χ0v) is 13.7. The van der Waals surface area contributed by atoms with Gasteiger partial charge in [-0.1, -0.05) is 47.3 Å². The van der Waals surface area contributed by atoms with Gasteiger partial charge < -0.3 is 9.47 Å². The Morgan fingerprint density at radius 2 is 1.43 bits per heavy atom. The number of carbonyl (C=O) groups excluding carboxylic acids is 2. The van der Waals surface area contributed by atoms with Crippen LogP contribution in [0.2, 0.25) is 0 Å². The minimum atomic E-state index is -0.459. The maximum absolute atomic E-state index is 11.3. The highest BCUT2D eigenvalue weighted by molar-refractivity contribution is 5.81. The fourth-order valence-corrected chi connectivity index (χ4v) is 1.93. The van der Waals surface area contributed by atoms with Crippen molar-refractivity contribution in [3.63, 3.8) is 0 Å². The Bertz CT molecular complexity index is 345. The SMILES string of the molecule is C=CC(=O)OCC(CCC(C)C)(COC(=O)C=C)C(C)C. The number of ether oxygens (including phenoxy) is 2. The lowest BCUT2D eigenvalue weighted by atomic mass is 9.74. The topological polar surface area (TPSA) is 52.6 Å². The van der Waals surface area contributed by atoms with Crippen molar-refractivity contribution in [2.45, 2.75) is 40.5 Å². The average Bonchev–Trinajstić information content (AvgIpc) is 2.45. The maximum atomic E-state index is 11.3. The van der Waals surface area contributed by atoms with Gasteiger partial charge in [-0.3, -0.25) is 0 Å². The molecule has 0 aliphatic rings. The molecule has 120 valence electrons. The van der Waals surface area contributed by atoms with Crippen LogP contribution in [-0.2, 0) is 19.1 Å². The molecule has 0 aromatic heterocycles. The van der Waals surface area contributed by atoms with Crippen molar-refractivity contribution < 1.29 is 19.1 Å². The van der Waals surface area contributed by atoms with Crippen LogP contribution in [0.25, 0.3) is 0 Å². The second-order valence-electron chi connectivity index (χ2n) is 6.07. The summed E-state index contributed by atoms with van der Waals surface area (Å²) in [6.07, 6.45) is 4.07. The molecule has 0 saturated heterocycles. The molecule has 21 heavy (non-hydrogen) atoms. The van der Waals surface area contributed by atoms with E-state index in [1.165, 1.54) is 0 Å². The van der Waals surface area contributed by atoms with Crippen LogP contribution in [0, 0.1) is 17.3 Å². The normalized spacial score (nSPS) is 11.3. The minimum absolute atomic E-state index is 0.200. The fraction of sp³-hybridized carbons (Fsp3) is 0.647. The third-order valence-electron chi connectivity index (χ3n) is 3.78. The highest BCUT2D eigenvalue weighted by Gasteiger charge is 2.36. The van der Waals surface area contributed by atoms with E-state index in [0.29, 0.717) is 5.92 Å². The molecule has 0 aromatic carbocycles. The third-order valence-corrected chi connectivity index (χ3v) is 3.78. The molecule has 0 fully saturated rings. The summed E-state index contributed by atoms with van der Waals surface area (Å²) in [5.74, 6) is -0.195. The van der Waals surface area contributed by atoms with Gasteiger partial charge in [-0.25, -0.2) is 9.59 Å². The van der Waals surface area contributed by atoms with Crippen molar-refractivity contribution in [3.8, 4) is 0 Å². The van der Waals surface area contributed by atoms with Gasteiger partial charge in [-0.05, 0) is 18.3 Å². The third kappa shape index (κ3) is 7.11. The Labute approximate surface area is 128 Å². The molecule has 0 aliphatic carbocycles. The second kappa shape index (κ2) is 9.37. The van der Waals surface area contributed by atoms with Crippen molar-refractivity contribution in [1.82, 2.24) is 0 Å². The Morgan fingerprint density at radius 1 is 1.00 bits per heavy atom. The predicted molar refractivity (Wildman–Crippen MR) is 83.7 cm³/mol. The molecule has 0 heterocycles. The lowest BCUT2D eigenvalue weighted by Gasteiger charge is -2.36. The zero-order chi connectivity index (χ0) is 16.5. The van der Waals surface area contributed by atoms with E-state index in [1.54, 1.807) is 0 Å². The molecule has 0 amide bonds. The molecule has 4 nitrogen and oxygen atoms in total. The minimum Gasteiger partial charge on any atom is -0.462 e. The molecular formula is C17H28O4. The van der Waals surface area contributed by atoms with Gasteiger partial charge in [-0.15, -0.1) is 0 Å². The molecule has 0 atom stereocenters. The van der Waals surface area contributed by atoms with Crippen molar-refractivity contribution in [2.24, 2.45) is 17.3 Å². The summed E-state index contributed by atoms with van der Waals surface area (Å²) < 4.78 is 10.5. The number of rotatable bonds is 10. The first-order chi connectivity index (χ1) is 9.77. The van der Waals surface area contributed by atoms with Crippen LogP contribution in [0.3, 0.4) is 0 Å². The summed E-state index contributed by atoms with van der Waals surface area (Å²) in [4.78, 5) is 22.7. The van der Waals surface area contributed by atoms with Gasteiger partial charge in [0.15, 0.2) is 0 Å². The smallest absolute Gasteiger partial charge is 0.330 e. The molecular weight excluding hydrogens is 268 g/mol. The van der Waals surface area contributed by atoms with Crippen molar-refractivity contribution in [1.29, 1.82) is 0 Å². The lowest BCUT2D eigenvalue weighted by molar-refractivity contribution is -0.151. The molecule has 0 bridgehead atoms. The van der Waals surface area contributed by atoms with E-state index in [0.717, 1.165) is 25.0 Å². The van der Waals surface area contributed by atoms with Crippen LogP contribution < -0.4 is 0 Å². The highest BCUT2D eigenvalue weighted by Crippen LogP contribution is 2.35. The summed E-state index contributed by atoms with van der Waals surface area (Å²) in [6.45, 7) is 15.6. The first-order valence-electron chi connectivity index (χ1n) is 7.35. The summed E-state index contributed by atoms with van der Waals surface area (Å²) in [7, 11) is 0. The van der Waals surface area contributed by atoms with E-state index in [4.69, 9.17) is 9.47 Å². The van der Waals surface area contributed by atoms with Gasteiger partial charge in [0.05, 0.1) is 0 Å². The maximum Gasteiger partial charge on any atom is 0.330 e. The van der Waals surface area contributed by atoms with Gasteiger partial charge in [0, 0.05) is 17.6 Å². The molecule has 0 spiro atoms. The van der Waals surface area contributed by atoms with Crippen LogP contribution in [0.15, 0.2) is 25.3 Å². The molecule has 4 heteroatoms. The van der Waals surface area contributed by atoms with Crippen LogP contribution >= 0.6 is 0 Å². The summed E-state index contributed by atoms with van der Waals surface area (Å²) in [6, 6.07) is 0. The quantitative estimate of drug-likeness (QED) is 0.457. The molecule has 0 N–H and O–H groups in total. The highest BCUT2D eigenvalue weighted by atomic mass is 16.5. The van der Waals surface area contributed by atoms with Crippen molar-refractivity contribution in [3.05, 3.63) is 25.3 Å². The molecule has 0 rings (SSSR count). The number of hydrogen-bond donors (Lipinski definition) is 0. The number of hydrogen-bond acceptors (Lipinski definition) is 4. The van der Waals surface area contributed by atoms with E-state index in [2.05, 4.69) is 27.0 Å². The van der Waals surface area contributed by atoms with Gasteiger partial charge in [0.2, 0.25) is 0 Å². The van der Waals surface area contributed by atoms with Gasteiger partial charge in [0.1, 0.15) is 13.2 Å². The Hall–Kier alpha value is -1.58. The predicted octanol–water partition coefficient (Wildman–Crippen LogP) is 3.52. The first kappa shape index (κ1) is 19.4. The fourth-order valence-electron chi connectivity index (χ4n) is 1.93. The van der Waals surface area contributed by atoms with Crippen LogP contribution in [0.1, 0.15) is 40.5 Å². The standard InChI is InChI=1S/C17H28O4/c1-7-15(18)20-11-17(14(5)6,10-9-13(3)4)12-21-16(19)8-2/h7-8,13-14H,1-2,9-12H2,3-6H3. The Kier molecular flexibility index (Phi) is 8.67. The zero-order valence-electron chi connectivity index (χ0n) is 13.7. The first-order valence-corrected chi connectivity index (χ1v) is 7.35. The van der Waals surface area contributed by atoms with Gasteiger partial charge in [-0.2, -0.15) is 0 Å². The van der Waals surface area contributed by atoms with Crippen LogP contribution in [0.5, 0.6) is 0 Å². The largest absolute Gasteiger partial charge is 0.462 e. The summed E-state index contributed by atoms with van der Waals surface area (Å²) >= 11 is 0. The van der Waals surface area contributed by atoms with Crippen molar-refractivity contribution >= 4 is 11.9 Å². The van der Waals surface area contributed by atoms with E-state index in [9.17, 15) is 9.59 Å². The molecule has 0 aliphatic heterocycles. The van der Waals surface area contributed by atoms with E-state index >= 15 is 0 Å². The van der Waals surface area contributed by atoms with Crippen molar-refractivity contribution in [2.75, 3.05) is 13.2 Å².